The third-order valence-electron chi connectivity index (χ3n) is 3.78. The first-order valence-corrected chi connectivity index (χ1v) is 8.92. The van der Waals surface area contributed by atoms with Crippen LogP contribution in [0.4, 0.5) is 11.4 Å². The Morgan fingerprint density at radius 3 is 2.67 bits per heavy atom. The molecule has 0 fully saturated rings. The molecule has 0 spiro atoms. The van der Waals surface area contributed by atoms with Crippen LogP contribution in [0.25, 0.3) is 0 Å². The third kappa shape index (κ3) is 2.30. The van der Waals surface area contributed by atoms with Crippen molar-refractivity contribution < 1.29 is 8.42 Å². The largest absolute Gasteiger partial charge is 0.371 e. The first kappa shape index (κ1) is 14.3. The SMILES string of the molecule is Cc1cc(S(=O)(=O)N2CCN(C)c3ccncc32)sc1C. The molecule has 0 radical (unpaired) electrons. The maximum atomic E-state index is 12.9. The number of nitrogens with zero attached hydrogens (tertiary/aromatic N) is 3. The summed E-state index contributed by atoms with van der Waals surface area (Å²) in [5.41, 5.74) is 2.55. The number of rotatable bonds is 2. The Hall–Kier alpha value is -1.60. The lowest BCUT2D eigenvalue weighted by Crippen LogP contribution is -2.42. The van der Waals surface area contributed by atoms with Gasteiger partial charge in [0.15, 0.2) is 0 Å². The molecule has 0 bridgehead atoms. The van der Waals surface area contributed by atoms with Crippen LogP contribution < -0.4 is 9.21 Å². The first-order valence-electron chi connectivity index (χ1n) is 6.66. The van der Waals surface area contributed by atoms with Gasteiger partial charge in [-0.1, -0.05) is 0 Å². The molecule has 1 aliphatic heterocycles. The normalized spacial score (nSPS) is 15.2. The van der Waals surface area contributed by atoms with E-state index in [4.69, 9.17) is 0 Å². The molecule has 3 heterocycles. The quantitative estimate of drug-likeness (QED) is 0.851. The van der Waals surface area contributed by atoms with Crippen LogP contribution >= 0.6 is 11.3 Å². The van der Waals surface area contributed by atoms with Crippen molar-refractivity contribution >= 4 is 32.7 Å². The lowest BCUT2D eigenvalue weighted by atomic mass is 10.2. The summed E-state index contributed by atoms with van der Waals surface area (Å²) in [6.07, 6.45) is 3.31. The molecule has 0 saturated heterocycles. The Balaban J connectivity index is 2.10. The van der Waals surface area contributed by atoms with Crippen molar-refractivity contribution in [1.29, 1.82) is 0 Å². The fraction of sp³-hybridized carbons (Fsp3) is 0.357. The second-order valence-electron chi connectivity index (χ2n) is 5.17. The number of pyridine rings is 1. The van der Waals surface area contributed by atoms with Gasteiger partial charge in [-0.15, -0.1) is 11.3 Å². The number of aryl methyl sites for hydroxylation is 2. The van der Waals surface area contributed by atoms with E-state index in [0.717, 1.165) is 16.1 Å². The van der Waals surface area contributed by atoms with Crippen LogP contribution in [0.5, 0.6) is 0 Å². The minimum Gasteiger partial charge on any atom is -0.371 e. The molecule has 0 aliphatic carbocycles. The summed E-state index contributed by atoms with van der Waals surface area (Å²) in [5, 5.41) is 0. The second kappa shape index (κ2) is 4.99. The lowest BCUT2D eigenvalue weighted by Gasteiger charge is -2.35. The van der Waals surface area contributed by atoms with E-state index in [2.05, 4.69) is 4.98 Å². The molecule has 0 N–H and O–H groups in total. The minimum absolute atomic E-state index is 0.400. The highest BCUT2D eigenvalue weighted by Gasteiger charge is 2.32. The highest BCUT2D eigenvalue weighted by atomic mass is 32.2. The molecular weight excluding hydrogens is 306 g/mol. The van der Waals surface area contributed by atoms with E-state index in [9.17, 15) is 8.42 Å². The van der Waals surface area contributed by atoms with Crippen LogP contribution in [0.15, 0.2) is 28.7 Å². The topological polar surface area (TPSA) is 53.5 Å². The molecule has 7 heteroatoms. The maximum Gasteiger partial charge on any atom is 0.274 e. The Labute approximate surface area is 128 Å². The summed E-state index contributed by atoms with van der Waals surface area (Å²) in [6.45, 7) is 4.98. The Morgan fingerprint density at radius 1 is 1.24 bits per heavy atom. The zero-order valence-electron chi connectivity index (χ0n) is 12.2. The Bertz CT molecular complexity index is 764. The molecule has 2 aromatic heterocycles. The number of likely N-dealkylation sites (N-methyl/N-ethyl adjacent to an activating group) is 1. The number of anilines is 2. The van der Waals surface area contributed by atoms with Crippen molar-refractivity contribution in [2.45, 2.75) is 18.1 Å². The van der Waals surface area contributed by atoms with Crippen molar-refractivity contribution in [3.8, 4) is 0 Å². The fourth-order valence-corrected chi connectivity index (χ4v) is 5.49. The molecule has 2 aromatic rings. The van der Waals surface area contributed by atoms with Crippen LogP contribution in [-0.2, 0) is 10.0 Å². The molecule has 0 saturated carbocycles. The minimum atomic E-state index is -3.52. The van der Waals surface area contributed by atoms with Crippen molar-refractivity contribution in [3.05, 3.63) is 35.0 Å². The average Bonchev–Trinajstić information content (AvgIpc) is 2.80. The number of sulfonamides is 1. The molecule has 0 amide bonds. The van der Waals surface area contributed by atoms with Gasteiger partial charge in [0, 0.05) is 24.7 Å². The zero-order chi connectivity index (χ0) is 15.2. The zero-order valence-corrected chi connectivity index (χ0v) is 13.8. The molecule has 0 aromatic carbocycles. The molecular formula is C14H17N3O2S2. The van der Waals surface area contributed by atoms with Gasteiger partial charge in [-0.3, -0.25) is 9.29 Å². The monoisotopic (exact) mass is 323 g/mol. The Kier molecular flexibility index (Phi) is 3.41. The highest BCUT2D eigenvalue weighted by molar-refractivity contribution is 7.94. The van der Waals surface area contributed by atoms with Crippen LogP contribution in [0.2, 0.25) is 0 Å². The maximum absolute atomic E-state index is 12.9. The molecule has 21 heavy (non-hydrogen) atoms. The summed E-state index contributed by atoms with van der Waals surface area (Å²) in [4.78, 5) is 7.17. The summed E-state index contributed by atoms with van der Waals surface area (Å²) >= 11 is 1.33. The molecule has 0 unspecified atom stereocenters. The third-order valence-corrected chi connectivity index (χ3v) is 7.20. The van der Waals surface area contributed by atoms with Gasteiger partial charge in [0.25, 0.3) is 10.0 Å². The van der Waals surface area contributed by atoms with Crippen LogP contribution in [-0.4, -0.2) is 33.5 Å². The molecule has 5 nitrogen and oxygen atoms in total. The molecule has 112 valence electrons. The summed E-state index contributed by atoms with van der Waals surface area (Å²) in [5.74, 6) is 0. The number of thiophene rings is 1. The van der Waals surface area contributed by atoms with Crippen molar-refractivity contribution in [2.75, 3.05) is 29.3 Å². The smallest absolute Gasteiger partial charge is 0.274 e. The van der Waals surface area contributed by atoms with Crippen LogP contribution in [0, 0.1) is 13.8 Å². The van der Waals surface area contributed by atoms with Gasteiger partial charge in [0.2, 0.25) is 0 Å². The van der Waals surface area contributed by atoms with Crippen LogP contribution in [0.1, 0.15) is 10.4 Å². The predicted octanol–water partition coefficient (Wildman–Crippen LogP) is 2.41. The van der Waals surface area contributed by atoms with Crippen molar-refractivity contribution in [1.82, 2.24) is 4.98 Å². The van der Waals surface area contributed by atoms with Crippen LogP contribution in [0.3, 0.4) is 0 Å². The number of hydrogen-bond acceptors (Lipinski definition) is 5. The molecule has 1 aliphatic rings. The first-order chi connectivity index (χ1) is 9.91. The fourth-order valence-electron chi connectivity index (χ4n) is 2.40. The van der Waals surface area contributed by atoms with E-state index in [0.29, 0.717) is 23.0 Å². The van der Waals surface area contributed by atoms with Crippen molar-refractivity contribution in [2.24, 2.45) is 0 Å². The lowest BCUT2D eigenvalue weighted by molar-refractivity contribution is 0.591. The Morgan fingerprint density at radius 2 is 2.00 bits per heavy atom. The highest BCUT2D eigenvalue weighted by Crippen LogP contribution is 2.36. The van der Waals surface area contributed by atoms with E-state index in [1.54, 1.807) is 18.5 Å². The van der Waals surface area contributed by atoms with Gasteiger partial charge in [-0.2, -0.15) is 0 Å². The van der Waals surface area contributed by atoms with Gasteiger partial charge in [-0.05, 0) is 31.5 Å². The number of fused-ring (bicyclic) bond motifs is 1. The van der Waals surface area contributed by atoms with E-state index in [1.807, 2.05) is 31.9 Å². The average molecular weight is 323 g/mol. The summed E-state index contributed by atoms with van der Waals surface area (Å²) in [7, 11) is -1.55. The van der Waals surface area contributed by atoms with Gasteiger partial charge in [0.05, 0.1) is 24.1 Å². The molecule has 3 rings (SSSR count). The van der Waals surface area contributed by atoms with Gasteiger partial charge >= 0.3 is 0 Å². The standard InChI is InChI=1S/C14H17N3O2S2/c1-10-8-14(20-11(10)2)21(18,19)17-7-6-16(3)12-4-5-15-9-13(12)17/h4-5,8-9H,6-7H2,1-3H3. The summed E-state index contributed by atoms with van der Waals surface area (Å²) < 4.78 is 27.7. The predicted molar refractivity (Wildman–Crippen MR) is 85.8 cm³/mol. The van der Waals surface area contributed by atoms with Gasteiger partial charge in [-0.25, -0.2) is 8.42 Å². The van der Waals surface area contributed by atoms with E-state index in [-0.39, 0.29) is 0 Å². The van der Waals surface area contributed by atoms with E-state index in [1.165, 1.54) is 15.6 Å². The second-order valence-corrected chi connectivity index (χ2v) is 8.51. The van der Waals surface area contributed by atoms with Gasteiger partial charge < -0.3 is 4.90 Å². The molecule has 0 atom stereocenters. The van der Waals surface area contributed by atoms with Gasteiger partial charge in [0.1, 0.15) is 4.21 Å². The van der Waals surface area contributed by atoms with E-state index >= 15 is 0 Å². The number of hydrogen-bond donors (Lipinski definition) is 0. The number of aromatic nitrogens is 1. The van der Waals surface area contributed by atoms with Crippen molar-refractivity contribution in [3.63, 3.8) is 0 Å². The van der Waals surface area contributed by atoms with E-state index < -0.39 is 10.0 Å². The summed E-state index contributed by atoms with van der Waals surface area (Å²) in [6, 6.07) is 3.60.